The summed E-state index contributed by atoms with van der Waals surface area (Å²) in [6.45, 7) is 0. The molecule has 0 aliphatic rings. The number of benzene rings is 1. The molecule has 72 valence electrons. The molecular formula is C11H6ClN3. The number of rotatable bonds is 1. The molecule has 1 aromatic heterocycles. The molecule has 0 N–H and O–H groups in total. The third-order valence-electron chi connectivity index (χ3n) is 1.96. The van der Waals surface area contributed by atoms with E-state index in [2.05, 4.69) is 16.0 Å². The maximum absolute atomic E-state index is 8.92. The first-order chi connectivity index (χ1) is 7.31. The molecule has 0 bridgehead atoms. The lowest BCUT2D eigenvalue weighted by atomic mass is 10.1. The van der Waals surface area contributed by atoms with Crippen LogP contribution >= 0.6 is 11.6 Å². The van der Waals surface area contributed by atoms with Crippen molar-refractivity contribution in [3.63, 3.8) is 0 Å². The highest BCUT2D eigenvalue weighted by atomic mass is 35.5. The smallest absolute Gasteiger partial charge is 0.133 e. The van der Waals surface area contributed by atoms with Crippen molar-refractivity contribution in [3.8, 4) is 17.3 Å². The van der Waals surface area contributed by atoms with Gasteiger partial charge in [0, 0.05) is 11.6 Å². The fourth-order valence-electron chi connectivity index (χ4n) is 1.28. The van der Waals surface area contributed by atoms with Crippen LogP contribution in [0.2, 0.25) is 5.15 Å². The van der Waals surface area contributed by atoms with Crippen LogP contribution in [0.1, 0.15) is 5.56 Å². The Morgan fingerprint density at radius 2 is 2.00 bits per heavy atom. The van der Waals surface area contributed by atoms with E-state index in [1.54, 1.807) is 12.1 Å². The van der Waals surface area contributed by atoms with Gasteiger partial charge in [-0.2, -0.15) is 5.26 Å². The lowest BCUT2D eigenvalue weighted by Gasteiger charge is -2.02. The van der Waals surface area contributed by atoms with E-state index in [0.29, 0.717) is 16.4 Å². The van der Waals surface area contributed by atoms with Gasteiger partial charge >= 0.3 is 0 Å². The summed E-state index contributed by atoms with van der Waals surface area (Å²) in [7, 11) is 0. The van der Waals surface area contributed by atoms with Crippen molar-refractivity contribution in [2.75, 3.05) is 0 Å². The Morgan fingerprint density at radius 3 is 2.73 bits per heavy atom. The van der Waals surface area contributed by atoms with Gasteiger partial charge < -0.3 is 0 Å². The largest absolute Gasteiger partial charge is 0.236 e. The van der Waals surface area contributed by atoms with Crippen molar-refractivity contribution in [2.24, 2.45) is 0 Å². The van der Waals surface area contributed by atoms with Crippen LogP contribution in [0.25, 0.3) is 11.3 Å². The van der Waals surface area contributed by atoms with Crippen LogP contribution in [0.4, 0.5) is 0 Å². The minimum Gasteiger partial charge on any atom is -0.236 e. The lowest BCUT2D eigenvalue weighted by molar-refractivity contribution is 1.17. The van der Waals surface area contributed by atoms with Gasteiger partial charge in [0.2, 0.25) is 0 Å². The predicted molar refractivity (Wildman–Crippen MR) is 57.2 cm³/mol. The van der Waals surface area contributed by atoms with Crippen LogP contribution in [-0.4, -0.2) is 9.97 Å². The summed E-state index contributed by atoms with van der Waals surface area (Å²) >= 11 is 5.76. The molecule has 0 aliphatic carbocycles. The third-order valence-corrected chi connectivity index (χ3v) is 2.16. The number of halogens is 1. The molecule has 2 rings (SSSR count). The molecule has 0 fully saturated rings. The van der Waals surface area contributed by atoms with E-state index in [-0.39, 0.29) is 0 Å². The summed E-state index contributed by atoms with van der Waals surface area (Å²) in [6.07, 6.45) is 1.38. The normalized spacial score (nSPS) is 9.60. The third kappa shape index (κ3) is 1.95. The molecule has 0 spiro atoms. The zero-order valence-corrected chi connectivity index (χ0v) is 8.44. The van der Waals surface area contributed by atoms with Gasteiger partial charge in [-0.3, -0.25) is 0 Å². The average Bonchev–Trinajstić information content (AvgIpc) is 2.29. The number of nitrogens with zero attached hydrogens (tertiary/aromatic N) is 3. The highest BCUT2D eigenvalue weighted by Crippen LogP contribution is 2.22. The highest BCUT2D eigenvalue weighted by Gasteiger charge is 2.05. The molecule has 0 radical (unpaired) electrons. The quantitative estimate of drug-likeness (QED) is 0.688. The SMILES string of the molecule is N#Cc1ccccc1-c1cc(Cl)ncn1. The van der Waals surface area contributed by atoms with E-state index in [1.165, 1.54) is 6.33 Å². The molecular weight excluding hydrogens is 210 g/mol. The zero-order valence-electron chi connectivity index (χ0n) is 7.68. The summed E-state index contributed by atoms with van der Waals surface area (Å²) in [6, 6.07) is 11.0. The van der Waals surface area contributed by atoms with Crippen molar-refractivity contribution >= 4 is 11.6 Å². The molecule has 0 saturated heterocycles. The summed E-state index contributed by atoms with van der Waals surface area (Å²) in [4.78, 5) is 7.86. The Kier molecular flexibility index (Phi) is 2.61. The van der Waals surface area contributed by atoms with Gasteiger partial charge in [-0.25, -0.2) is 9.97 Å². The second-order valence-corrected chi connectivity index (χ2v) is 3.27. The molecule has 0 saturated carbocycles. The van der Waals surface area contributed by atoms with E-state index in [4.69, 9.17) is 16.9 Å². The average molecular weight is 216 g/mol. The molecule has 3 nitrogen and oxygen atoms in total. The molecule has 1 heterocycles. The number of nitriles is 1. The summed E-state index contributed by atoms with van der Waals surface area (Å²) in [5.74, 6) is 0. The fourth-order valence-corrected chi connectivity index (χ4v) is 1.43. The van der Waals surface area contributed by atoms with Crippen LogP contribution in [0, 0.1) is 11.3 Å². The van der Waals surface area contributed by atoms with Gasteiger partial charge in [0.15, 0.2) is 0 Å². The molecule has 0 atom stereocenters. The van der Waals surface area contributed by atoms with E-state index >= 15 is 0 Å². The summed E-state index contributed by atoms with van der Waals surface area (Å²) < 4.78 is 0. The Morgan fingerprint density at radius 1 is 1.20 bits per heavy atom. The van der Waals surface area contributed by atoms with Crippen molar-refractivity contribution in [1.82, 2.24) is 9.97 Å². The number of hydrogen-bond acceptors (Lipinski definition) is 3. The minimum absolute atomic E-state index is 0.368. The van der Waals surface area contributed by atoms with Crippen LogP contribution in [0.3, 0.4) is 0 Å². The Balaban J connectivity index is 2.60. The summed E-state index contributed by atoms with van der Waals surface area (Å²) in [5, 5.41) is 9.29. The van der Waals surface area contributed by atoms with Crippen LogP contribution in [-0.2, 0) is 0 Å². The topological polar surface area (TPSA) is 49.6 Å². The van der Waals surface area contributed by atoms with Gasteiger partial charge in [0.25, 0.3) is 0 Å². The number of hydrogen-bond donors (Lipinski definition) is 0. The predicted octanol–water partition coefficient (Wildman–Crippen LogP) is 2.67. The summed E-state index contributed by atoms with van der Waals surface area (Å²) in [5.41, 5.74) is 2.00. The van der Waals surface area contributed by atoms with Crippen molar-refractivity contribution in [2.45, 2.75) is 0 Å². The van der Waals surface area contributed by atoms with Crippen molar-refractivity contribution in [3.05, 3.63) is 47.4 Å². The van der Waals surface area contributed by atoms with E-state index < -0.39 is 0 Å². The van der Waals surface area contributed by atoms with Crippen molar-refractivity contribution < 1.29 is 0 Å². The molecule has 4 heteroatoms. The van der Waals surface area contributed by atoms with Gasteiger partial charge in [0.1, 0.15) is 11.5 Å². The second-order valence-electron chi connectivity index (χ2n) is 2.88. The molecule has 0 amide bonds. The first-order valence-corrected chi connectivity index (χ1v) is 4.66. The Labute approximate surface area is 92.0 Å². The number of aromatic nitrogens is 2. The maximum atomic E-state index is 8.92. The molecule has 15 heavy (non-hydrogen) atoms. The molecule has 1 aromatic carbocycles. The minimum atomic E-state index is 0.368. The fraction of sp³-hybridized carbons (Fsp3) is 0. The highest BCUT2D eigenvalue weighted by molar-refractivity contribution is 6.29. The van der Waals surface area contributed by atoms with Gasteiger partial charge in [-0.05, 0) is 6.07 Å². The monoisotopic (exact) mass is 215 g/mol. The molecule has 0 unspecified atom stereocenters. The van der Waals surface area contributed by atoms with E-state index in [0.717, 1.165) is 5.56 Å². The molecule has 0 aliphatic heterocycles. The Hall–Kier alpha value is -1.92. The Bertz CT molecular complexity index is 531. The first-order valence-electron chi connectivity index (χ1n) is 4.28. The lowest BCUT2D eigenvalue weighted by Crippen LogP contribution is -1.88. The zero-order chi connectivity index (χ0) is 10.7. The second kappa shape index (κ2) is 4.07. The van der Waals surface area contributed by atoms with Crippen LogP contribution in [0.15, 0.2) is 36.7 Å². The van der Waals surface area contributed by atoms with Crippen LogP contribution in [0.5, 0.6) is 0 Å². The van der Waals surface area contributed by atoms with Crippen molar-refractivity contribution in [1.29, 1.82) is 5.26 Å². The van der Waals surface area contributed by atoms with Gasteiger partial charge in [0.05, 0.1) is 17.3 Å². The van der Waals surface area contributed by atoms with Gasteiger partial charge in [-0.15, -0.1) is 0 Å². The maximum Gasteiger partial charge on any atom is 0.133 e. The van der Waals surface area contributed by atoms with Gasteiger partial charge in [-0.1, -0.05) is 29.8 Å². The van der Waals surface area contributed by atoms with Crippen LogP contribution < -0.4 is 0 Å². The van der Waals surface area contributed by atoms with E-state index in [9.17, 15) is 0 Å². The molecule has 2 aromatic rings. The standard InChI is InChI=1S/C11H6ClN3/c12-11-5-10(14-7-15-11)9-4-2-1-3-8(9)6-13/h1-5,7H. The first kappa shape index (κ1) is 9.63. The van der Waals surface area contributed by atoms with E-state index in [1.807, 2.05) is 18.2 Å².